The Bertz CT molecular complexity index is 1530. The standard InChI is InChI=1S/C25H30F2N10O2/c1-24(2)12-16(13-25(28)7-5-8-36(24)25)30-21-18(27)14-29-22(32-21)31-19-11-20(37-23(39)35(3)33-34-37)15(6-4-9-38)10-17(19)26/h10-11,14,16,38H,5,7-9,12-13,28H2,1-3H3,(H2,29,30,31,32)/t16-,25-/m0/s1. The zero-order valence-electron chi connectivity index (χ0n) is 21.9. The molecule has 206 valence electrons. The smallest absolute Gasteiger partial charge is 0.368 e. The predicted octanol–water partition coefficient (Wildman–Crippen LogP) is 1.23. The van der Waals surface area contributed by atoms with Crippen LogP contribution in [0.5, 0.6) is 0 Å². The number of aliphatic hydroxyl groups excluding tert-OH is 1. The molecule has 0 unspecified atom stereocenters. The van der Waals surface area contributed by atoms with Gasteiger partial charge in [0.05, 0.1) is 28.8 Å². The monoisotopic (exact) mass is 540 g/mol. The summed E-state index contributed by atoms with van der Waals surface area (Å²) in [7, 11) is 1.42. The molecule has 0 aliphatic carbocycles. The minimum absolute atomic E-state index is 0.0282. The van der Waals surface area contributed by atoms with Crippen LogP contribution in [0.25, 0.3) is 5.69 Å². The van der Waals surface area contributed by atoms with E-state index in [9.17, 15) is 9.18 Å². The van der Waals surface area contributed by atoms with Crippen molar-refractivity contribution in [1.82, 2.24) is 34.7 Å². The number of nitrogens with one attached hydrogen (secondary N) is 2. The number of hydrogen-bond donors (Lipinski definition) is 4. The van der Waals surface area contributed by atoms with Crippen LogP contribution in [0.15, 0.2) is 23.1 Å². The second-order valence-corrected chi connectivity index (χ2v) is 10.5. The Labute approximate surface area is 223 Å². The molecule has 14 heteroatoms. The zero-order chi connectivity index (χ0) is 27.9. The molecule has 4 heterocycles. The summed E-state index contributed by atoms with van der Waals surface area (Å²) in [5.41, 5.74) is 5.63. The van der Waals surface area contributed by atoms with Crippen LogP contribution in [0.2, 0.25) is 0 Å². The van der Waals surface area contributed by atoms with E-state index in [-0.39, 0.29) is 40.3 Å². The van der Waals surface area contributed by atoms with E-state index in [4.69, 9.17) is 10.8 Å². The lowest BCUT2D eigenvalue weighted by Gasteiger charge is -2.53. The van der Waals surface area contributed by atoms with Crippen molar-refractivity contribution in [3.63, 3.8) is 0 Å². The van der Waals surface area contributed by atoms with Crippen LogP contribution in [0.3, 0.4) is 0 Å². The molecule has 2 aromatic heterocycles. The molecule has 0 radical (unpaired) electrons. The molecule has 0 amide bonds. The fourth-order valence-corrected chi connectivity index (χ4v) is 5.71. The molecule has 2 fully saturated rings. The van der Waals surface area contributed by atoms with E-state index >= 15 is 4.39 Å². The number of fused-ring (bicyclic) bond motifs is 1. The number of anilines is 3. The molecule has 0 bridgehead atoms. The van der Waals surface area contributed by atoms with Crippen LogP contribution in [0.4, 0.5) is 26.2 Å². The van der Waals surface area contributed by atoms with E-state index in [1.807, 2.05) is 0 Å². The summed E-state index contributed by atoms with van der Waals surface area (Å²) in [5, 5.41) is 22.5. The van der Waals surface area contributed by atoms with Crippen molar-refractivity contribution in [1.29, 1.82) is 0 Å². The third-order valence-electron chi connectivity index (χ3n) is 7.27. The number of aliphatic hydroxyl groups is 1. The third kappa shape index (κ3) is 5.08. The maximum absolute atomic E-state index is 15.1. The van der Waals surface area contributed by atoms with Gasteiger partial charge in [0.25, 0.3) is 0 Å². The fourth-order valence-electron chi connectivity index (χ4n) is 5.71. The summed E-state index contributed by atoms with van der Waals surface area (Å²) >= 11 is 0. The summed E-state index contributed by atoms with van der Waals surface area (Å²) in [6.07, 6.45) is 4.24. The van der Waals surface area contributed by atoms with Gasteiger partial charge < -0.3 is 21.5 Å². The van der Waals surface area contributed by atoms with Crippen molar-refractivity contribution < 1.29 is 13.9 Å². The maximum Gasteiger partial charge on any atom is 0.368 e. The average molecular weight is 541 g/mol. The minimum atomic E-state index is -0.735. The minimum Gasteiger partial charge on any atom is -0.384 e. The van der Waals surface area contributed by atoms with E-state index < -0.39 is 29.6 Å². The Balaban J connectivity index is 1.44. The Morgan fingerprint density at radius 2 is 2.03 bits per heavy atom. The summed E-state index contributed by atoms with van der Waals surface area (Å²) < 4.78 is 31.8. The van der Waals surface area contributed by atoms with Crippen LogP contribution < -0.4 is 22.1 Å². The quantitative estimate of drug-likeness (QED) is 0.348. The second kappa shape index (κ2) is 9.99. The number of halogens is 2. The number of aromatic nitrogens is 6. The van der Waals surface area contributed by atoms with Crippen LogP contribution >= 0.6 is 0 Å². The number of benzene rings is 1. The van der Waals surface area contributed by atoms with Gasteiger partial charge in [0.1, 0.15) is 12.4 Å². The van der Waals surface area contributed by atoms with Crippen molar-refractivity contribution >= 4 is 17.5 Å². The van der Waals surface area contributed by atoms with Gasteiger partial charge >= 0.3 is 5.69 Å². The molecule has 0 spiro atoms. The first-order valence-electron chi connectivity index (χ1n) is 12.6. The lowest BCUT2D eigenvalue weighted by molar-refractivity contribution is -0.0160. The summed E-state index contributed by atoms with van der Waals surface area (Å²) in [6, 6.07) is 2.25. The molecule has 2 aliphatic rings. The van der Waals surface area contributed by atoms with Crippen molar-refractivity contribution in [2.24, 2.45) is 12.8 Å². The van der Waals surface area contributed by atoms with Gasteiger partial charge in [-0.1, -0.05) is 11.8 Å². The SMILES string of the molecule is Cn1nnn(-c2cc(Nc3ncc(F)c(N[C@H]4CC(C)(C)N5CCC[C@@]5(N)C4)n3)c(F)cc2C#CCO)c1=O. The summed E-state index contributed by atoms with van der Waals surface area (Å²) in [5.74, 6) is 3.56. The van der Waals surface area contributed by atoms with Crippen LogP contribution in [0, 0.1) is 23.5 Å². The van der Waals surface area contributed by atoms with Crippen LogP contribution in [-0.2, 0) is 7.05 Å². The normalized spacial score (nSPS) is 22.2. The molecular formula is C25H30F2N10O2. The summed E-state index contributed by atoms with van der Waals surface area (Å²) in [4.78, 5) is 23.0. The number of nitrogens with zero attached hydrogens (tertiary/aromatic N) is 7. The Kier molecular flexibility index (Phi) is 6.83. The van der Waals surface area contributed by atoms with Gasteiger partial charge in [0.2, 0.25) is 5.95 Å². The van der Waals surface area contributed by atoms with Crippen molar-refractivity contribution in [3.05, 3.63) is 46.0 Å². The van der Waals surface area contributed by atoms with Crippen LogP contribution in [-0.4, -0.2) is 70.2 Å². The lowest BCUT2D eigenvalue weighted by atomic mass is 9.80. The summed E-state index contributed by atoms with van der Waals surface area (Å²) in [6.45, 7) is 4.74. The lowest BCUT2D eigenvalue weighted by Crippen LogP contribution is -2.66. The van der Waals surface area contributed by atoms with Crippen molar-refractivity contribution in [3.8, 4) is 17.5 Å². The highest BCUT2D eigenvalue weighted by Gasteiger charge is 2.50. The van der Waals surface area contributed by atoms with Gasteiger partial charge in [-0.15, -0.1) is 0 Å². The average Bonchev–Trinajstić information content (AvgIpc) is 3.43. The van der Waals surface area contributed by atoms with Gasteiger partial charge in [-0.05, 0) is 62.1 Å². The number of rotatable bonds is 5. The number of piperidine rings is 1. The van der Waals surface area contributed by atoms with Gasteiger partial charge in [-0.25, -0.2) is 18.6 Å². The highest BCUT2D eigenvalue weighted by molar-refractivity contribution is 5.64. The van der Waals surface area contributed by atoms with Crippen molar-refractivity contribution in [2.45, 2.75) is 56.8 Å². The molecule has 2 saturated heterocycles. The van der Waals surface area contributed by atoms with E-state index in [1.54, 1.807) is 0 Å². The number of tetrazole rings is 1. The predicted molar refractivity (Wildman–Crippen MR) is 139 cm³/mol. The van der Waals surface area contributed by atoms with Gasteiger partial charge in [-0.3, -0.25) is 4.90 Å². The molecule has 2 atom stereocenters. The van der Waals surface area contributed by atoms with E-state index in [0.717, 1.165) is 47.4 Å². The first-order valence-corrected chi connectivity index (χ1v) is 12.6. The molecule has 3 aromatic rings. The molecule has 39 heavy (non-hydrogen) atoms. The number of nitrogens with two attached hydrogens (primary N) is 1. The highest BCUT2D eigenvalue weighted by atomic mass is 19.1. The number of aryl methyl sites for hydroxylation is 1. The second-order valence-electron chi connectivity index (χ2n) is 10.5. The number of hydrogen-bond acceptors (Lipinski definition) is 10. The Hall–Kier alpha value is -3.93. The molecule has 5 rings (SSSR count). The van der Waals surface area contributed by atoms with Gasteiger partial charge in [-0.2, -0.15) is 14.3 Å². The van der Waals surface area contributed by atoms with E-state index in [2.05, 4.69) is 61.6 Å². The topological polar surface area (TPSA) is 152 Å². The van der Waals surface area contributed by atoms with E-state index in [0.29, 0.717) is 6.42 Å². The van der Waals surface area contributed by atoms with Gasteiger partial charge in [0.15, 0.2) is 11.6 Å². The van der Waals surface area contributed by atoms with Crippen molar-refractivity contribution in [2.75, 3.05) is 23.8 Å². The molecule has 2 aliphatic heterocycles. The van der Waals surface area contributed by atoms with E-state index in [1.165, 1.54) is 13.1 Å². The van der Waals surface area contributed by atoms with Gasteiger partial charge in [0, 0.05) is 25.2 Å². The molecule has 0 saturated carbocycles. The molecule has 12 nitrogen and oxygen atoms in total. The Morgan fingerprint density at radius 1 is 1.23 bits per heavy atom. The first kappa shape index (κ1) is 26.7. The molecule has 1 aromatic carbocycles. The first-order chi connectivity index (χ1) is 18.5. The fraction of sp³-hybridized carbons (Fsp3) is 0.480. The molecular weight excluding hydrogens is 510 g/mol. The Morgan fingerprint density at radius 3 is 2.74 bits per heavy atom. The van der Waals surface area contributed by atoms with Crippen LogP contribution in [0.1, 0.15) is 45.1 Å². The largest absolute Gasteiger partial charge is 0.384 e. The molecule has 5 N–H and O–H groups in total. The highest BCUT2D eigenvalue weighted by Crippen LogP contribution is 2.43. The third-order valence-corrected chi connectivity index (χ3v) is 7.27. The maximum atomic E-state index is 15.1. The zero-order valence-corrected chi connectivity index (χ0v) is 21.9.